The van der Waals surface area contributed by atoms with Gasteiger partial charge in [0.25, 0.3) is 11.8 Å². The van der Waals surface area contributed by atoms with E-state index in [0.717, 1.165) is 16.2 Å². The lowest BCUT2D eigenvalue weighted by atomic mass is 10.0. The second-order valence-corrected chi connectivity index (χ2v) is 10.2. The van der Waals surface area contributed by atoms with Crippen LogP contribution in [0.1, 0.15) is 17.6 Å². The Balaban J connectivity index is 1.36. The molecule has 2 aromatic rings. The number of fused-ring (bicyclic) bond motifs is 1. The van der Waals surface area contributed by atoms with Crippen molar-refractivity contribution >= 4 is 58.1 Å². The van der Waals surface area contributed by atoms with E-state index in [-0.39, 0.29) is 28.7 Å². The highest BCUT2D eigenvalue weighted by atomic mass is 32.2. The number of carbonyl (C=O) groups excluding carboxylic acids is 3. The van der Waals surface area contributed by atoms with Crippen molar-refractivity contribution in [3.05, 3.63) is 28.2 Å². The Kier molecular flexibility index (Phi) is 8.09. The number of carboxylic acid groups (broad SMARTS) is 2. The molecule has 1 saturated heterocycles. The molecule has 2 aliphatic rings. The van der Waals surface area contributed by atoms with Crippen molar-refractivity contribution in [2.45, 2.75) is 30.0 Å². The smallest absolute Gasteiger partial charge is 0.413 e. The first-order valence-corrected chi connectivity index (χ1v) is 12.9. The molecule has 4 heterocycles. The van der Waals surface area contributed by atoms with E-state index in [9.17, 15) is 34.2 Å². The number of tetrazole rings is 1. The first kappa shape index (κ1) is 27.9. The fourth-order valence-corrected chi connectivity index (χ4v) is 5.66. The molecule has 4 rings (SSSR count). The van der Waals surface area contributed by atoms with Crippen LogP contribution in [-0.2, 0) is 37.4 Å². The molecule has 0 spiro atoms. The lowest BCUT2D eigenvalue weighted by Crippen LogP contribution is -2.70. The van der Waals surface area contributed by atoms with Gasteiger partial charge >= 0.3 is 18.0 Å². The zero-order valence-corrected chi connectivity index (χ0v) is 21.5. The molecule has 1 fully saturated rings. The third-order valence-corrected chi connectivity index (χ3v) is 7.71. The van der Waals surface area contributed by atoms with Crippen LogP contribution in [0.3, 0.4) is 0 Å². The van der Waals surface area contributed by atoms with Crippen LogP contribution in [0.25, 0.3) is 0 Å². The van der Waals surface area contributed by atoms with Gasteiger partial charge in [-0.3, -0.25) is 24.6 Å². The number of hydrogen-bond donors (Lipinski definition) is 6. The molecule has 20 heteroatoms. The second-order valence-electron chi connectivity index (χ2n) is 8.20. The predicted octanol–water partition coefficient (Wildman–Crippen LogP) is -2.36. The molecule has 0 aromatic carbocycles. The quantitative estimate of drug-likeness (QED) is 0.160. The Morgan fingerprint density at radius 1 is 1.31 bits per heavy atom. The number of thiazole rings is 1. The number of aromatic nitrogens is 5. The number of ether oxygens (including phenoxy) is 1. The third kappa shape index (κ3) is 5.82. The van der Waals surface area contributed by atoms with Gasteiger partial charge in [0.05, 0.1) is 5.69 Å². The van der Waals surface area contributed by atoms with E-state index in [0.29, 0.717) is 11.4 Å². The highest BCUT2D eigenvalue weighted by Gasteiger charge is 2.54. The largest absolute Gasteiger partial charge is 0.480 e. The number of β-lactam (4-membered cyclic amide) rings is 1. The summed E-state index contributed by atoms with van der Waals surface area (Å²) in [5, 5.41) is 45.1. The van der Waals surface area contributed by atoms with Gasteiger partial charge < -0.3 is 31.1 Å². The zero-order chi connectivity index (χ0) is 28.4. The van der Waals surface area contributed by atoms with Crippen LogP contribution >= 0.6 is 23.1 Å². The number of anilines is 1. The number of aliphatic hydroxyl groups is 1. The fraction of sp³-hybridized carbons (Fsp3) is 0.421. The molecule has 18 nitrogen and oxygen atoms in total. The normalized spacial score (nSPS) is 20.0. The van der Waals surface area contributed by atoms with Crippen LogP contribution in [0.2, 0.25) is 0 Å². The summed E-state index contributed by atoms with van der Waals surface area (Å²) in [6.07, 6.45) is -2.74. The van der Waals surface area contributed by atoms with Gasteiger partial charge in [0.1, 0.15) is 29.8 Å². The number of aliphatic carboxylic acids is 2. The molecular weight excluding hydrogens is 562 g/mol. The number of amides is 3. The van der Waals surface area contributed by atoms with Gasteiger partial charge in [-0.1, -0.05) is 0 Å². The molecule has 1 unspecified atom stereocenters. The topological polar surface area (TPSA) is 265 Å². The summed E-state index contributed by atoms with van der Waals surface area (Å²) in [7, 11) is 1.60. The molecule has 208 valence electrons. The number of hydrogen-bond acceptors (Lipinski definition) is 14. The van der Waals surface area contributed by atoms with Gasteiger partial charge in [0.2, 0.25) is 0 Å². The first-order chi connectivity index (χ1) is 18.5. The van der Waals surface area contributed by atoms with Crippen LogP contribution in [-0.4, -0.2) is 105 Å². The van der Waals surface area contributed by atoms with Crippen LogP contribution in [0.4, 0.5) is 9.93 Å². The molecule has 0 aliphatic carbocycles. The van der Waals surface area contributed by atoms with Crippen molar-refractivity contribution in [1.29, 1.82) is 0 Å². The number of nitrogens with one attached hydrogen (secondary N) is 2. The monoisotopic (exact) mass is 583 g/mol. The molecule has 2 aliphatic heterocycles. The molecule has 0 bridgehead atoms. The highest BCUT2D eigenvalue weighted by molar-refractivity contribution is 8.00. The number of carbonyl (C=O) groups is 5. The average molecular weight is 584 g/mol. The van der Waals surface area contributed by atoms with Gasteiger partial charge in [0, 0.05) is 24.6 Å². The van der Waals surface area contributed by atoms with E-state index in [1.807, 2.05) is 0 Å². The predicted molar refractivity (Wildman–Crippen MR) is 130 cm³/mol. The lowest BCUT2D eigenvalue weighted by Gasteiger charge is -2.49. The third-order valence-electron chi connectivity index (χ3n) is 5.60. The van der Waals surface area contributed by atoms with E-state index >= 15 is 0 Å². The van der Waals surface area contributed by atoms with E-state index in [2.05, 4.69) is 35.9 Å². The maximum Gasteiger partial charge on any atom is 0.413 e. The molecule has 0 saturated carbocycles. The Bertz CT molecular complexity index is 1360. The minimum atomic E-state index is -1.81. The molecule has 39 heavy (non-hydrogen) atoms. The minimum Gasteiger partial charge on any atom is -0.480 e. The van der Waals surface area contributed by atoms with Gasteiger partial charge in [-0.25, -0.2) is 19.3 Å². The fourth-order valence-electron chi connectivity index (χ4n) is 3.60. The Labute approximate surface area is 226 Å². The molecule has 2 aromatic heterocycles. The van der Waals surface area contributed by atoms with Gasteiger partial charge in [-0.15, -0.1) is 28.2 Å². The van der Waals surface area contributed by atoms with E-state index in [4.69, 9.17) is 10.8 Å². The lowest BCUT2D eigenvalue weighted by molar-refractivity contribution is -0.151. The maximum absolute atomic E-state index is 12.8. The van der Waals surface area contributed by atoms with Crippen molar-refractivity contribution in [3.63, 3.8) is 0 Å². The summed E-state index contributed by atoms with van der Waals surface area (Å²) in [5.41, 5.74) is 5.33. The summed E-state index contributed by atoms with van der Waals surface area (Å²) >= 11 is 2.09. The van der Waals surface area contributed by atoms with Crippen LogP contribution in [0, 0.1) is 0 Å². The molecule has 0 radical (unpaired) electrons. The zero-order valence-electron chi connectivity index (χ0n) is 19.9. The number of nitrogens with zero attached hydrogens (tertiary/aromatic N) is 6. The Morgan fingerprint density at radius 2 is 2.05 bits per heavy atom. The first-order valence-electron chi connectivity index (χ1n) is 10.9. The number of thioether (sulfide) groups is 1. The number of aliphatic hydroxyl groups excluding tert-OH is 1. The number of carboxylic acids is 2. The van der Waals surface area contributed by atoms with Crippen molar-refractivity contribution in [1.82, 2.24) is 35.4 Å². The second kappa shape index (κ2) is 11.3. The summed E-state index contributed by atoms with van der Waals surface area (Å²) < 4.78 is 6.05. The van der Waals surface area contributed by atoms with Crippen molar-refractivity contribution in [3.8, 4) is 0 Å². The van der Waals surface area contributed by atoms with E-state index in [1.165, 1.54) is 21.8 Å². The van der Waals surface area contributed by atoms with Crippen LogP contribution in [0.5, 0.6) is 0 Å². The maximum atomic E-state index is 12.8. The Hall–Kier alpha value is -4.14. The molecule has 3 amide bonds. The minimum absolute atomic E-state index is 0.0543. The summed E-state index contributed by atoms with van der Waals surface area (Å²) in [5.74, 6) is -3.64. The van der Waals surface area contributed by atoms with Gasteiger partial charge in [-0.2, -0.15) is 0 Å². The summed E-state index contributed by atoms with van der Waals surface area (Å²) in [6, 6.07) is -2.50. The van der Waals surface area contributed by atoms with E-state index < -0.39 is 60.0 Å². The average Bonchev–Trinajstić information content (AvgIpc) is 3.53. The van der Waals surface area contributed by atoms with Gasteiger partial charge in [0.15, 0.2) is 17.1 Å². The number of aryl methyl sites for hydroxylation is 1. The number of nitrogens with two attached hydrogens (primary N) is 1. The SMILES string of the molecule is Cn1nnnc1CC1=C(C(=O)O)N2C(=O)[C@@H](NC(=O)C(O)c3csc(NC(=O)OC[C@@H](N)C(=O)O)n3)[C@H]2SC1. The summed E-state index contributed by atoms with van der Waals surface area (Å²) in [4.78, 5) is 64.9. The highest BCUT2D eigenvalue weighted by Crippen LogP contribution is 2.41. The Morgan fingerprint density at radius 3 is 2.69 bits per heavy atom. The number of rotatable bonds is 10. The van der Waals surface area contributed by atoms with Gasteiger partial charge in [-0.05, 0) is 16.0 Å². The molecule has 7 N–H and O–H groups in total. The van der Waals surface area contributed by atoms with Crippen molar-refractivity contribution < 1.29 is 44.0 Å². The molecular formula is C19H21N9O9S2. The van der Waals surface area contributed by atoms with E-state index in [1.54, 1.807) is 7.05 Å². The summed E-state index contributed by atoms with van der Waals surface area (Å²) in [6.45, 7) is -0.590. The van der Waals surface area contributed by atoms with Crippen molar-refractivity contribution in [2.75, 3.05) is 17.7 Å². The standard InChI is InChI=1S/C19H21N9O9S2/c1-27-9(24-25-26-27)2-6-4-38-15-10(14(31)28(15)11(6)17(34)35)22-13(30)12(29)8-5-39-18(21-8)23-19(36)37-3-7(20)16(32)33/h5,7,10,12,15,29H,2-4,20H2,1H3,(H,22,30)(H,32,33)(H,34,35)(H,21,23,36)/t7-,10-,12?,15-/m1/s1. The molecule has 4 atom stereocenters. The van der Waals surface area contributed by atoms with Crippen LogP contribution < -0.4 is 16.4 Å². The van der Waals surface area contributed by atoms with Crippen LogP contribution in [0.15, 0.2) is 16.7 Å². The van der Waals surface area contributed by atoms with Crippen molar-refractivity contribution in [2.24, 2.45) is 12.8 Å².